The molecule has 2 amide bonds. The Morgan fingerprint density at radius 2 is 2.07 bits per heavy atom. The fourth-order valence-electron chi connectivity index (χ4n) is 2.77. The predicted molar refractivity (Wildman–Crippen MR) is 102 cm³/mol. The zero-order chi connectivity index (χ0) is 19.2. The van der Waals surface area contributed by atoms with Crippen LogP contribution in [0.25, 0.3) is 5.69 Å². The second kappa shape index (κ2) is 8.53. The maximum atomic E-state index is 12.3. The molecule has 0 saturated carbocycles. The Hall–Kier alpha value is -3.09. The first-order valence-corrected chi connectivity index (χ1v) is 9.03. The summed E-state index contributed by atoms with van der Waals surface area (Å²) in [4.78, 5) is 13.9. The van der Waals surface area contributed by atoms with Crippen LogP contribution >= 0.6 is 0 Å². The third kappa shape index (κ3) is 5.20. The minimum atomic E-state index is -0.159. The SMILES string of the molecule is CC(C)Cc1cc(CNC(=O)N(C)Cc2ccc(-n3cccn3)cc2)on1. The monoisotopic (exact) mass is 367 g/mol. The van der Waals surface area contributed by atoms with Crippen LogP contribution in [-0.2, 0) is 19.5 Å². The Bertz CT molecular complexity index is 853. The number of hydrogen-bond donors (Lipinski definition) is 1. The Kier molecular flexibility index (Phi) is 5.90. The second-order valence-electron chi connectivity index (χ2n) is 7.01. The highest BCUT2D eigenvalue weighted by Gasteiger charge is 2.11. The summed E-state index contributed by atoms with van der Waals surface area (Å²) in [5.41, 5.74) is 2.95. The van der Waals surface area contributed by atoms with Crippen molar-refractivity contribution in [3.05, 3.63) is 65.8 Å². The van der Waals surface area contributed by atoms with E-state index in [-0.39, 0.29) is 6.03 Å². The van der Waals surface area contributed by atoms with E-state index >= 15 is 0 Å². The molecule has 1 aromatic carbocycles. The number of hydrogen-bond acceptors (Lipinski definition) is 4. The van der Waals surface area contributed by atoms with E-state index in [2.05, 4.69) is 29.4 Å². The molecule has 0 aliphatic rings. The summed E-state index contributed by atoms with van der Waals surface area (Å²) in [6.45, 7) is 5.10. The van der Waals surface area contributed by atoms with E-state index in [9.17, 15) is 4.79 Å². The Labute approximate surface area is 159 Å². The second-order valence-corrected chi connectivity index (χ2v) is 7.01. The van der Waals surface area contributed by atoms with Gasteiger partial charge in [0.15, 0.2) is 5.76 Å². The average Bonchev–Trinajstić information content (AvgIpc) is 3.32. The van der Waals surface area contributed by atoms with Crippen molar-refractivity contribution in [1.82, 2.24) is 25.2 Å². The van der Waals surface area contributed by atoms with Gasteiger partial charge in [0.1, 0.15) is 0 Å². The molecule has 0 radical (unpaired) electrons. The quantitative estimate of drug-likeness (QED) is 0.694. The van der Waals surface area contributed by atoms with E-state index in [1.807, 2.05) is 42.6 Å². The van der Waals surface area contributed by atoms with Gasteiger partial charge >= 0.3 is 6.03 Å². The molecule has 1 N–H and O–H groups in total. The summed E-state index contributed by atoms with van der Waals surface area (Å²) in [6, 6.07) is 11.6. The topological polar surface area (TPSA) is 76.2 Å². The fourth-order valence-corrected chi connectivity index (χ4v) is 2.77. The van der Waals surface area contributed by atoms with Gasteiger partial charge in [-0.1, -0.05) is 31.1 Å². The average molecular weight is 367 g/mol. The van der Waals surface area contributed by atoms with E-state index in [0.29, 0.717) is 24.8 Å². The number of amides is 2. The van der Waals surface area contributed by atoms with Crippen molar-refractivity contribution in [1.29, 1.82) is 0 Å². The lowest BCUT2D eigenvalue weighted by molar-refractivity contribution is 0.205. The summed E-state index contributed by atoms with van der Waals surface area (Å²) in [5, 5.41) is 11.1. The number of carbonyl (C=O) groups excluding carboxylic acids is 1. The number of aromatic nitrogens is 3. The molecule has 27 heavy (non-hydrogen) atoms. The highest BCUT2D eigenvalue weighted by atomic mass is 16.5. The Morgan fingerprint density at radius 3 is 2.74 bits per heavy atom. The number of nitrogens with zero attached hydrogens (tertiary/aromatic N) is 4. The molecule has 7 nitrogen and oxygen atoms in total. The standard InChI is InChI=1S/C20H25N5O2/c1-15(2)11-17-12-19(27-23-17)13-21-20(26)24(3)14-16-5-7-18(8-6-16)25-10-4-9-22-25/h4-10,12,15H,11,13-14H2,1-3H3,(H,21,26). The molecular weight excluding hydrogens is 342 g/mol. The number of benzene rings is 1. The first kappa shape index (κ1) is 18.7. The van der Waals surface area contributed by atoms with Crippen LogP contribution in [0.5, 0.6) is 0 Å². The molecule has 3 rings (SSSR count). The predicted octanol–water partition coefficient (Wildman–Crippen LogP) is 3.40. The van der Waals surface area contributed by atoms with Crippen molar-refractivity contribution in [3.63, 3.8) is 0 Å². The van der Waals surface area contributed by atoms with Crippen molar-refractivity contribution in [2.24, 2.45) is 5.92 Å². The fraction of sp³-hybridized carbons (Fsp3) is 0.350. The lowest BCUT2D eigenvalue weighted by Crippen LogP contribution is -2.36. The zero-order valence-corrected chi connectivity index (χ0v) is 15.9. The summed E-state index contributed by atoms with van der Waals surface area (Å²) in [7, 11) is 1.77. The lowest BCUT2D eigenvalue weighted by atomic mass is 10.1. The molecule has 0 unspecified atom stereocenters. The van der Waals surface area contributed by atoms with Gasteiger partial charge in [-0.3, -0.25) is 0 Å². The molecule has 0 spiro atoms. The van der Waals surface area contributed by atoms with Crippen LogP contribution in [-0.4, -0.2) is 32.9 Å². The van der Waals surface area contributed by atoms with Gasteiger partial charge in [0.2, 0.25) is 0 Å². The molecule has 0 fully saturated rings. The van der Waals surface area contributed by atoms with E-state index in [0.717, 1.165) is 23.4 Å². The molecule has 3 aromatic rings. The maximum Gasteiger partial charge on any atom is 0.317 e. The van der Waals surface area contributed by atoms with Crippen LogP contribution in [0, 0.1) is 5.92 Å². The van der Waals surface area contributed by atoms with Crippen LogP contribution in [0.2, 0.25) is 0 Å². The molecule has 7 heteroatoms. The number of carbonyl (C=O) groups is 1. The van der Waals surface area contributed by atoms with Gasteiger partial charge in [-0.25, -0.2) is 9.48 Å². The minimum Gasteiger partial charge on any atom is -0.359 e. The first-order chi connectivity index (χ1) is 13.0. The molecule has 0 bridgehead atoms. The molecule has 0 saturated heterocycles. The molecule has 0 atom stereocenters. The Balaban J connectivity index is 1.49. The molecule has 0 aliphatic heterocycles. The zero-order valence-electron chi connectivity index (χ0n) is 15.9. The van der Waals surface area contributed by atoms with Gasteiger partial charge in [0, 0.05) is 32.1 Å². The van der Waals surface area contributed by atoms with E-state index in [1.165, 1.54) is 0 Å². The highest BCUT2D eigenvalue weighted by molar-refractivity contribution is 5.73. The summed E-state index contributed by atoms with van der Waals surface area (Å²) < 4.78 is 7.07. The van der Waals surface area contributed by atoms with Crippen molar-refractivity contribution < 1.29 is 9.32 Å². The van der Waals surface area contributed by atoms with Gasteiger partial charge in [-0.15, -0.1) is 0 Å². The summed E-state index contributed by atoms with van der Waals surface area (Å²) in [6.07, 6.45) is 4.50. The van der Waals surface area contributed by atoms with Crippen molar-refractivity contribution >= 4 is 6.03 Å². The number of urea groups is 1. The normalized spacial score (nSPS) is 11.0. The minimum absolute atomic E-state index is 0.159. The van der Waals surface area contributed by atoms with E-state index in [4.69, 9.17) is 4.52 Å². The van der Waals surface area contributed by atoms with Gasteiger partial charge in [0.05, 0.1) is 17.9 Å². The maximum absolute atomic E-state index is 12.3. The smallest absolute Gasteiger partial charge is 0.317 e. The van der Waals surface area contributed by atoms with Crippen LogP contribution in [0.3, 0.4) is 0 Å². The van der Waals surface area contributed by atoms with Gasteiger partial charge < -0.3 is 14.7 Å². The molecule has 0 aliphatic carbocycles. The molecule has 2 aromatic heterocycles. The third-order valence-corrected chi connectivity index (χ3v) is 4.11. The van der Waals surface area contributed by atoms with Crippen LogP contribution in [0.15, 0.2) is 53.3 Å². The number of rotatable bonds is 7. The van der Waals surface area contributed by atoms with E-state index < -0.39 is 0 Å². The molecule has 142 valence electrons. The van der Waals surface area contributed by atoms with Crippen molar-refractivity contribution in [2.75, 3.05) is 7.05 Å². The Morgan fingerprint density at radius 1 is 1.30 bits per heavy atom. The largest absolute Gasteiger partial charge is 0.359 e. The van der Waals surface area contributed by atoms with Crippen LogP contribution in [0.1, 0.15) is 30.9 Å². The van der Waals surface area contributed by atoms with Crippen LogP contribution in [0.4, 0.5) is 4.79 Å². The van der Waals surface area contributed by atoms with Gasteiger partial charge in [-0.2, -0.15) is 5.10 Å². The lowest BCUT2D eigenvalue weighted by Gasteiger charge is -2.17. The third-order valence-electron chi connectivity index (χ3n) is 4.11. The number of nitrogens with one attached hydrogen (secondary N) is 1. The van der Waals surface area contributed by atoms with E-state index in [1.54, 1.807) is 22.8 Å². The highest BCUT2D eigenvalue weighted by Crippen LogP contribution is 2.11. The molecular formula is C20H25N5O2. The summed E-state index contributed by atoms with van der Waals surface area (Å²) in [5.74, 6) is 1.18. The first-order valence-electron chi connectivity index (χ1n) is 9.03. The van der Waals surface area contributed by atoms with Crippen LogP contribution < -0.4 is 5.32 Å². The van der Waals surface area contributed by atoms with Crippen molar-refractivity contribution in [3.8, 4) is 5.69 Å². The summed E-state index contributed by atoms with van der Waals surface area (Å²) >= 11 is 0. The van der Waals surface area contributed by atoms with Gasteiger partial charge in [-0.05, 0) is 36.1 Å². The van der Waals surface area contributed by atoms with Gasteiger partial charge in [0.25, 0.3) is 0 Å². The van der Waals surface area contributed by atoms with Crippen molar-refractivity contribution in [2.45, 2.75) is 33.4 Å². The molecule has 2 heterocycles.